The fourth-order valence-electron chi connectivity index (χ4n) is 5.21. The number of likely N-dealkylation sites (tertiary alicyclic amines) is 1. The number of para-hydroxylation sites is 1. The van der Waals surface area contributed by atoms with Crippen LogP contribution in [0.15, 0.2) is 24.3 Å². The Balaban J connectivity index is 1.64. The molecule has 1 aromatic carbocycles. The van der Waals surface area contributed by atoms with Crippen molar-refractivity contribution in [2.45, 2.75) is 70.0 Å². The highest BCUT2D eigenvalue weighted by Crippen LogP contribution is 2.38. The number of rotatable bonds is 6. The number of benzene rings is 1. The smallest absolute Gasteiger partial charge is 0.256 e. The maximum atomic E-state index is 14.7. The van der Waals surface area contributed by atoms with E-state index in [1.165, 1.54) is 4.90 Å². The second-order valence-corrected chi connectivity index (χ2v) is 9.48. The predicted octanol–water partition coefficient (Wildman–Crippen LogP) is 3.03. The third kappa shape index (κ3) is 4.99. The Morgan fingerprint density at radius 1 is 1.34 bits per heavy atom. The van der Waals surface area contributed by atoms with Gasteiger partial charge in [0.1, 0.15) is 12.1 Å². The molecule has 2 saturated heterocycles. The van der Waals surface area contributed by atoms with Crippen LogP contribution in [0.5, 0.6) is 0 Å². The molecule has 3 N–H and O–H groups in total. The maximum absolute atomic E-state index is 14.7. The molecule has 8 nitrogen and oxygen atoms in total. The first-order valence-electron chi connectivity index (χ1n) is 11.9. The predicted molar refractivity (Wildman–Crippen MR) is 125 cm³/mol. The van der Waals surface area contributed by atoms with E-state index in [0.29, 0.717) is 24.0 Å². The van der Waals surface area contributed by atoms with Gasteiger partial charge in [-0.2, -0.15) is 5.26 Å². The number of hydrogen-bond donors (Lipinski definition) is 3. The summed E-state index contributed by atoms with van der Waals surface area (Å²) in [6.45, 7) is 4.06. The Labute approximate surface area is 202 Å². The summed E-state index contributed by atoms with van der Waals surface area (Å²) in [5.41, 5.74) is 1.74. The molecular weight excluding hydrogens is 456 g/mol. The van der Waals surface area contributed by atoms with E-state index in [4.69, 9.17) is 0 Å². The Bertz CT molecular complexity index is 1190. The molecule has 4 rings (SSSR count). The number of H-pyrrole nitrogens is 1. The first-order chi connectivity index (χ1) is 16.6. The van der Waals surface area contributed by atoms with Gasteiger partial charge in [0.05, 0.1) is 17.1 Å². The van der Waals surface area contributed by atoms with Gasteiger partial charge < -0.3 is 20.5 Å². The van der Waals surface area contributed by atoms with E-state index in [2.05, 4.69) is 15.6 Å². The quantitative estimate of drug-likeness (QED) is 0.583. The van der Waals surface area contributed by atoms with Gasteiger partial charge in [-0.05, 0) is 38.3 Å². The Kier molecular flexibility index (Phi) is 6.79. The highest BCUT2D eigenvalue weighted by atomic mass is 19.3. The van der Waals surface area contributed by atoms with Gasteiger partial charge in [0.2, 0.25) is 11.8 Å². The number of fused-ring (bicyclic) bond motifs is 1. The summed E-state index contributed by atoms with van der Waals surface area (Å²) in [6.07, 6.45) is -0.500. The number of nitrogens with zero attached hydrogens (tertiary/aromatic N) is 2. The van der Waals surface area contributed by atoms with Crippen molar-refractivity contribution in [2.24, 2.45) is 5.92 Å². The summed E-state index contributed by atoms with van der Waals surface area (Å²) < 4.78 is 29.4. The number of piperidine rings is 1. The molecular formula is C25H29F2N5O3. The van der Waals surface area contributed by atoms with Crippen LogP contribution in [0.4, 0.5) is 8.78 Å². The lowest BCUT2D eigenvalue weighted by atomic mass is 9.89. The van der Waals surface area contributed by atoms with Crippen LogP contribution < -0.4 is 10.6 Å². The van der Waals surface area contributed by atoms with E-state index in [9.17, 15) is 28.4 Å². The summed E-state index contributed by atoms with van der Waals surface area (Å²) in [4.78, 5) is 43.4. The number of aromatic nitrogens is 1. The van der Waals surface area contributed by atoms with Crippen molar-refractivity contribution < 1.29 is 23.2 Å². The van der Waals surface area contributed by atoms with E-state index in [1.807, 2.05) is 25.1 Å². The third-order valence-electron chi connectivity index (χ3n) is 6.94. The molecule has 0 spiro atoms. The molecule has 2 aliphatic rings. The summed E-state index contributed by atoms with van der Waals surface area (Å²) in [6, 6.07) is 5.69. The fraction of sp³-hybridized carbons (Fsp3) is 0.520. The van der Waals surface area contributed by atoms with Crippen molar-refractivity contribution in [1.82, 2.24) is 20.5 Å². The van der Waals surface area contributed by atoms with E-state index < -0.39 is 54.6 Å². The Morgan fingerprint density at radius 3 is 2.77 bits per heavy atom. The van der Waals surface area contributed by atoms with E-state index in [0.717, 1.165) is 11.1 Å². The van der Waals surface area contributed by atoms with E-state index in [-0.39, 0.29) is 18.7 Å². The van der Waals surface area contributed by atoms with Gasteiger partial charge in [-0.1, -0.05) is 19.1 Å². The molecule has 1 aromatic heterocycles. The number of carbonyl (C=O) groups is 3. The molecule has 0 aliphatic carbocycles. The second-order valence-electron chi connectivity index (χ2n) is 9.48. The van der Waals surface area contributed by atoms with Crippen LogP contribution in [0.3, 0.4) is 0 Å². The minimum atomic E-state index is -3.14. The summed E-state index contributed by atoms with van der Waals surface area (Å²) >= 11 is 0. The van der Waals surface area contributed by atoms with Crippen LogP contribution in [-0.4, -0.2) is 58.2 Å². The van der Waals surface area contributed by atoms with Crippen molar-refractivity contribution in [3.05, 3.63) is 35.5 Å². The lowest BCUT2D eigenvalue weighted by Gasteiger charge is -2.44. The molecule has 2 fully saturated rings. The molecule has 35 heavy (non-hydrogen) atoms. The van der Waals surface area contributed by atoms with Crippen LogP contribution >= 0.6 is 0 Å². The van der Waals surface area contributed by atoms with Gasteiger partial charge in [0, 0.05) is 42.4 Å². The van der Waals surface area contributed by atoms with Crippen molar-refractivity contribution in [2.75, 3.05) is 6.54 Å². The number of nitrogens with one attached hydrogen (secondary N) is 3. The summed E-state index contributed by atoms with van der Waals surface area (Å²) in [5, 5.41) is 15.6. The molecule has 2 aromatic rings. The van der Waals surface area contributed by atoms with Crippen molar-refractivity contribution in [3.8, 4) is 6.07 Å². The van der Waals surface area contributed by atoms with E-state index >= 15 is 0 Å². The largest absolute Gasteiger partial charge is 0.358 e. The van der Waals surface area contributed by atoms with Gasteiger partial charge in [-0.3, -0.25) is 14.4 Å². The highest BCUT2D eigenvalue weighted by molar-refractivity contribution is 6.07. The minimum absolute atomic E-state index is 0.0867. The van der Waals surface area contributed by atoms with Gasteiger partial charge in [-0.15, -0.1) is 0 Å². The molecule has 0 bridgehead atoms. The average molecular weight is 486 g/mol. The maximum Gasteiger partial charge on any atom is 0.256 e. The molecule has 0 unspecified atom stereocenters. The summed E-state index contributed by atoms with van der Waals surface area (Å²) in [7, 11) is 0. The number of aryl methyl sites for hydroxylation is 1. The number of halogens is 2. The standard InChI is InChI=1S/C25H29F2N5O3/c1-3-18-11-25(26,27)12-20(23(34)31-17(13-28)10-16-7-8-29-22(16)33)32(18)24(35)19-6-4-5-15-9-14(2)30-21(15)19/h4-6,9,16-18,20,30H,3,7-8,10-12H2,1-2H3,(H,29,33)(H,31,34)/t16-,17-,18-,20-/m0/s1. The van der Waals surface area contributed by atoms with Gasteiger partial charge in [-0.25, -0.2) is 8.78 Å². The lowest BCUT2D eigenvalue weighted by Crippen LogP contribution is -2.61. The minimum Gasteiger partial charge on any atom is -0.358 e. The number of amides is 3. The molecule has 10 heteroatoms. The van der Waals surface area contributed by atoms with Gasteiger partial charge in [0.15, 0.2) is 0 Å². The Morgan fingerprint density at radius 2 is 2.11 bits per heavy atom. The molecule has 186 valence electrons. The molecule has 3 amide bonds. The second kappa shape index (κ2) is 9.64. The molecule has 0 radical (unpaired) electrons. The van der Waals surface area contributed by atoms with Crippen LogP contribution in [0, 0.1) is 24.2 Å². The van der Waals surface area contributed by atoms with Gasteiger partial charge >= 0.3 is 0 Å². The fourth-order valence-corrected chi connectivity index (χ4v) is 5.21. The van der Waals surface area contributed by atoms with Crippen molar-refractivity contribution in [1.29, 1.82) is 5.26 Å². The number of hydrogen-bond acceptors (Lipinski definition) is 4. The number of carbonyl (C=O) groups excluding carboxylic acids is 3. The molecule has 2 aliphatic heterocycles. The highest BCUT2D eigenvalue weighted by Gasteiger charge is 2.50. The van der Waals surface area contributed by atoms with Crippen LogP contribution in [0.2, 0.25) is 0 Å². The first kappa shape index (κ1) is 24.6. The SMILES string of the molecule is CC[C@H]1CC(F)(F)C[C@@H](C(=O)N[C@H](C#N)C[C@@H]2CCNC2=O)N1C(=O)c1cccc2cc(C)[nH]c12. The molecule has 0 saturated carbocycles. The topological polar surface area (TPSA) is 118 Å². The van der Waals surface area contributed by atoms with Crippen molar-refractivity contribution in [3.63, 3.8) is 0 Å². The third-order valence-corrected chi connectivity index (χ3v) is 6.94. The zero-order valence-corrected chi connectivity index (χ0v) is 19.7. The lowest BCUT2D eigenvalue weighted by molar-refractivity contribution is -0.140. The van der Waals surface area contributed by atoms with Crippen LogP contribution in [-0.2, 0) is 9.59 Å². The molecule has 4 atom stereocenters. The first-order valence-corrected chi connectivity index (χ1v) is 11.9. The zero-order valence-electron chi connectivity index (χ0n) is 19.7. The molecule has 3 heterocycles. The number of aromatic amines is 1. The zero-order chi connectivity index (χ0) is 25.3. The average Bonchev–Trinajstić information content (AvgIpc) is 3.40. The van der Waals surface area contributed by atoms with Gasteiger partial charge in [0.25, 0.3) is 11.8 Å². The van der Waals surface area contributed by atoms with Crippen LogP contribution in [0.1, 0.15) is 55.1 Å². The normalized spacial score (nSPS) is 24.6. The monoisotopic (exact) mass is 485 g/mol. The van der Waals surface area contributed by atoms with Crippen molar-refractivity contribution >= 4 is 28.6 Å². The Hall–Kier alpha value is -3.48. The van der Waals surface area contributed by atoms with E-state index in [1.54, 1.807) is 19.1 Å². The van der Waals surface area contributed by atoms with Crippen LogP contribution in [0.25, 0.3) is 10.9 Å². The number of nitriles is 1. The summed E-state index contributed by atoms with van der Waals surface area (Å²) in [5.74, 6) is -5.08. The number of alkyl halides is 2.